The Labute approximate surface area is 56.5 Å². The maximum absolute atomic E-state index is 5.53. The molecule has 9 heavy (non-hydrogen) atoms. The monoisotopic (exact) mass is 126 g/mol. The van der Waals surface area contributed by atoms with Crippen molar-refractivity contribution in [3.63, 3.8) is 0 Å². The number of hydrogen-bond donors (Lipinski definition) is 1. The Hall–Kier alpha value is -0.790. The molecule has 0 saturated carbocycles. The summed E-state index contributed by atoms with van der Waals surface area (Å²) < 4.78 is 0. The molecule has 0 aromatic heterocycles. The molecule has 0 saturated heterocycles. The van der Waals surface area contributed by atoms with E-state index in [0.29, 0.717) is 0 Å². The first-order valence-electron chi connectivity index (χ1n) is 3.03. The van der Waals surface area contributed by atoms with E-state index in [0.717, 1.165) is 17.8 Å². The van der Waals surface area contributed by atoms with Crippen LogP contribution in [0.25, 0.3) is 0 Å². The van der Waals surface area contributed by atoms with Gasteiger partial charge in [-0.1, -0.05) is 6.08 Å². The Morgan fingerprint density at radius 1 is 1.67 bits per heavy atom. The summed E-state index contributed by atoms with van der Waals surface area (Å²) in [5, 5.41) is 0. The SMILES string of the molecule is C/C=C(/N)C/C(C)=N\C. The normalized spacial score (nSPS) is 14.1. The highest BCUT2D eigenvalue weighted by Gasteiger charge is 1.89. The first-order chi connectivity index (χ1) is 4.20. The van der Waals surface area contributed by atoms with Crippen LogP contribution >= 0.6 is 0 Å². The van der Waals surface area contributed by atoms with Gasteiger partial charge in [0.05, 0.1) is 0 Å². The van der Waals surface area contributed by atoms with Crippen LogP contribution in [0.2, 0.25) is 0 Å². The van der Waals surface area contributed by atoms with Crippen molar-refractivity contribution in [2.75, 3.05) is 7.05 Å². The quantitative estimate of drug-likeness (QED) is 0.557. The van der Waals surface area contributed by atoms with Crippen LogP contribution in [0.4, 0.5) is 0 Å². The molecular weight excluding hydrogens is 112 g/mol. The molecule has 0 aliphatic carbocycles. The van der Waals surface area contributed by atoms with Gasteiger partial charge in [0.15, 0.2) is 0 Å². The van der Waals surface area contributed by atoms with E-state index in [-0.39, 0.29) is 0 Å². The molecule has 0 amide bonds. The third-order valence-electron chi connectivity index (χ3n) is 1.21. The second kappa shape index (κ2) is 4.13. The largest absolute Gasteiger partial charge is 0.402 e. The summed E-state index contributed by atoms with van der Waals surface area (Å²) in [4.78, 5) is 3.97. The van der Waals surface area contributed by atoms with Crippen molar-refractivity contribution in [3.05, 3.63) is 11.8 Å². The molecule has 0 rings (SSSR count). The van der Waals surface area contributed by atoms with Crippen molar-refractivity contribution < 1.29 is 0 Å². The highest BCUT2D eigenvalue weighted by Crippen LogP contribution is 1.93. The minimum absolute atomic E-state index is 0.799. The van der Waals surface area contributed by atoms with Crippen LogP contribution in [-0.4, -0.2) is 12.8 Å². The summed E-state index contributed by atoms with van der Waals surface area (Å²) in [6.45, 7) is 3.90. The van der Waals surface area contributed by atoms with Crippen molar-refractivity contribution in [2.24, 2.45) is 10.7 Å². The Morgan fingerprint density at radius 2 is 2.22 bits per heavy atom. The van der Waals surface area contributed by atoms with Crippen LogP contribution in [0.1, 0.15) is 20.3 Å². The lowest BCUT2D eigenvalue weighted by atomic mass is 10.2. The molecule has 0 atom stereocenters. The first kappa shape index (κ1) is 8.21. The number of rotatable bonds is 2. The zero-order valence-corrected chi connectivity index (χ0v) is 6.31. The fourth-order valence-corrected chi connectivity index (χ4v) is 0.477. The molecule has 0 aliphatic heterocycles. The highest BCUT2D eigenvalue weighted by atomic mass is 14.7. The van der Waals surface area contributed by atoms with Gasteiger partial charge >= 0.3 is 0 Å². The van der Waals surface area contributed by atoms with Crippen LogP contribution in [0.3, 0.4) is 0 Å². The van der Waals surface area contributed by atoms with Crippen LogP contribution in [-0.2, 0) is 0 Å². The molecule has 2 heteroatoms. The summed E-state index contributed by atoms with van der Waals surface area (Å²) in [6.07, 6.45) is 2.70. The Bertz CT molecular complexity index is 118. The maximum Gasteiger partial charge on any atom is 0.0276 e. The van der Waals surface area contributed by atoms with Gasteiger partial charge in [-0.15, -0.1) is 0 Å². The third-order valence-corrected chi connectivity index (χ3v) is 1.21. The molecule has 0 heterocycles. The predicted octanol–water partition coefficient (Wildman–Crippen LogP) is 1.33. The number of nitrogens with two attached hydrogens (primary N) is 1. The number of aliphatic imine (C=N–C) groups is 1. The summed E-state index contributed by atoms with van der Waals surface area (Å²) in [5.74, 6) is 0. The standard InChI is InChI=1S/C7H14N2/c1-4-7(8)5-6(2)9-3/h4H,5,8H2,1-3H3/b7-4+,9-6-. The lowest BCUT2D eigenvalue weighted by molar-refractivity contribution is 1.17. The summed E-state index contributed by atoms with van der Waals surface area (Å²) in [7, 11) is 1.78. The molecule has 0 aromatic rings. The molecule has 0 bridgehead atoms. The first-order valence-corrected chi connectivity index (χ1v) is 3.03. The van der Waals surface area contributed by atoms with E-state index in [1.807, 2.05) is 19.9 Å². The molecule has 0 aliphatic rings. The maximum atomic E-state index is 5.53. The fraction of sp³-hybridized carbons (Fsp3) is 0.571. The molecule has 0 spiro atoms. The number of allylic oxidation sites excluding steroid dienone is 2. The molecule has 0 radical (unpaired) electrons. The van der Waals surface area contributed by atoms with Gasteiger partial charge in [-0.25, -0.2) is 0 Å². The lowest BCUT2D eigenvalue weighted by Crippen LogP contribution is -2.02. The van der Waals surface area contributed by atoms with E-state index in [9.17, 15) is 0 Å². The number of hydrogen-bond acceptors (Lipinski definition) is 2. The van der Waals surface area contributed by atoms with Crippen molar-refractivity contribution in [2.45, 2.75) is 20.3 Å². The van der Waals surface area contributed by atoms with Crippen molar-refractivity contribution in [1.29, 1.82) is 0 Å². The molecule has 2 N–H and O–H groups in total. The summed E-state index contributed by atoms with van der Waals surface area (Å²) >= 11 is 0. The van der Waals surface area contributed by atoms with Gasteiger partial charge in [-0.3, -0.25) is 4.99 Å². The van der Waals surface area contributed by atoms with Gasteiger partial charge in [-0.2, -0.15) is 0 Å². The van der Waals surface area contributed by atoms with E-state index in [2.05, 4.69) is 4.99 Å². The molecule has 0 fully saturated rings. The van der Waals surface area contributed by atoms with Crippen molar-refractivity contribution in [1.82, 2.24) is 0 Å². The minimum atomic E-state index is 0.799. The van der Waals surface area contributed by atoms with Crippen LogP contribution in [0, 0.1) is 0 Å². The summed E-state index contributed by atoms with van der Waals surface area (Å²) in [5.41, 5.74) is 7.49. The zero-order valence-electron chi connectivity index (χ0n) is 6.31. The Morgan fingerprint density at radius 3 is 2.56 bits per heavy atom. The second-order valence-corrected chi connectivity index (χ2v) is 2.00. The van der Waals surface area contributed by atoms with E-state index in [4.69, 9.17) is 5.73 Å². The fourth-order valence-electron chi connectivity index (χ4n) is 0.477. The highest BCUT2D eigenvalue weighted by molar-refractivity contribution is 5.83. The topological polar surface area (TPSA) is 38.4 Å². The van der Waals surface area contributed by atoms with Gasteiger partial charge in [0.2, 0.25) is 0 Å². The molecule has 2 nitrogen and oxygen atoms in total. The average molecular weight is 126 g/mol. The van der Waals surface area contributed by atoms with Crippen LogP contribution in [0.15, 0.2) is 16.8 Å². The van der Waals surface area contributed by atoms with Crippen molar-refractivity contribution in [3.8, 4) is 0 Å². The van der Waals surface area contributed by atoms with Crippen molar-refractivity contribution >= 4 is 5.71 Å². The van der Waals surface area contributed by atoms with Gasteiger partial charge in [0.25, 0.3) is 0 Å². The molecule has 0 aromatic carbocycles. The van der Waals surface area contributed by atoms with E-state index in [1.165, 1.54) is 0 Å². The minimum Gasteiger partial charge on any atom is -0.402 e. The molecular formula is C7H14N2. The predicted molar refractivity (Wildman–Crippen MR) is 41.6 cm³/mol. The Balaban J connectivity index is 3.75. The Kier molecular flexibility index (Phi) is 3.76. The van der Waals surface area contributed by atoms with E-state index in [1.54, 1.807) is 7.05 Å². The number of nitrogens with zero attached hydrogens (tertiary/aromatic N) is 1. The lowest BCUT2D eigenvalue weighted by Gasteiger charge is -1.97. The van der Waals surface area contributed by atoms with Crippen LogP contribution in [0.5, 0.6) is 0 Å². The third kappa shape index (κ3) is 3.76. The van der Waals surface area contributed by atoms with Gasteiger partial charge in [0.1, 0.15) is 0 Å². The molecule has 52 valence electrons. The smallest absolute Gasteiger partial charge is 0.0276 e. The van der Waals surface area contributed by atoms with Gasteiger partial charge < -0.3 is 5.73 Å². The average Bonchev–Trinajstić information content (AvgIpc) is 1.87. The van der Waals surface area contributed by atoms with Gasteiger partial charge in [-0.05, 0) is 13.8 Å². The molecule has 0 unspecified atom stereocenters. The summed E-state index contributed by atoms with van der Waals surface area (Å²) in [6, 6.07) is 0. The van der Waals surface area contributed by atoms with E-state index >= 15 is 0 Å². The van der Waals surface area contributed by atoms with Gasteiger partial charge in [0, 0.05) is 24.9 Å². The van der Waals surface area contributed by atoms with Crippen LogP contribution < -0.4 is 5.73 Å². The van der Waals surface area contributed by atoms with E-state index < -0.39 is 0 Å². The zero-order chi connectivity index (χ0) is 7.28. The second-order valence-electron chi connectivity index (χ2n) is 2.00.